The first-order chi connectivity index (χ1) is 37.0. The van der Waals surface area contributed by atoms with Crippen molar-refractivity contribution < 1.29 is 32.9 Å². The number of carbonyl (C=O) groups is 1. The predicted octanol–water partition coefficient (Wildman–Crippen LogP) is 20.4. The van der Waals surface area contributed by atoms with Crippen molar-refractivity contribution in [2.75, 3.05) is 40.9 Å². The molecule has 1 amide bonds. The Morgan fingerprint density at radius 2 is 0.763 bits per heavy atom. The molecule has 3 N–H and O–H groups in total. The number of unbranched alkanes of at least 4 members (excludes halogenated alkanes) is 39. The van der Waals surface area contributed by atoms with E-state index in [4.69, 9.17) is 9.05 Å². The molecule has 0 fully saturated rings. The quantitative estimate of drug-likeness (QED) is 0.0243. The van der Waals surface area contributed by atoms with Crippen LogP contribution in [0.4, 0.5) is 0 Å². The molecule has 446 valence electrons. The van der Waals surface area contributed by atoms with E-state index >= 15 is 0 Å². The zero-order valence-corrected chi connectivity index (χ0v) is 51.9. The first-order valence-corrected chi connectivity index (χ1v) is 34.2. The fourth-order valence-corrected chi connectivity index (χ4v) is 10.3. The van der Waals surface area contributed by atoms with Crippen LogP contribution in [-0.2, 0) is 18.4 Å². The van der Waals surface area contributed by atoms with Crippen molar-refractivity contribution in [1.29, 1.82) is 0 Å². The number of likely N-dealkylation sites (N-methyl/N-ethyl adjacent to an activating group) is 1. The summed E-state index contributed by atoms with van der Waals surface area (Å²) in [4.78, 5) is 23.4. The van der Waals surface area contributed by atoms with Crippen molar-refractivity contribution in [1.82, 2.24) is 5.32 Å². The number of hydrogen-bond donors (Lipinski definition) is 3. The largest absolute Gasteiger partial charge is 0.472 e. The number of rotatable bonds is 60. The van der Waals surface area contributed by atoms with E-state index in [-0.39, 0.29) is 19.1 Å². The maximum atomic E-state index is 13.0. The first-order valence-electron chi connectivity index (χ1n) is 32.7. The third kappa shape index (κ3) is 59.9. The number of phosphoric ester groups is 1. The summed E-state index contributed by atoms with van der Waals surface area (Å²) < 4.78 is 23.7. The maximum absolute atomic E-state index is 13.0. The number of nitrogens with one attached hydrogen (secondary N) is 1. The molecule has 0 saturated carbocycles. The van der Waals surface area contributed by atoms with Crippen LogP contribution in [0.2, 0.25) is 0 Å². The van der Waals surface area contributed by atoms with Crippen LogP contribution in [0, 0.1) is 0 Å². The Morgan fingerprint density at radius 3 is 1.13 bits per heavy atom. The molecule has 0 aliphatic heterocycles. The number of quaternary nitrogens is 1. The van der Waals surface area contributed by atoms with Gasteiger partial charge in [-0.05, 0) is 77.0 Å². The number of phosphoric acid groups is 1. The highest BCUT2D eigenvalue weighted by Gasteiger charge is 2.27. The van der Waals surface area contributed by atoms with Crippen LogP contribution in [-0.4, -0.2) is 73.4 Å². The zero-order valence-electron chi connectivity index (χ0n) is 51.0. The fraction of sp³-hybridized carbons (Fsp3) is 0.836. The molecule has 8 nitrogen and oxygen atoms in total. The van der Waals surface area contributed by atoms with Gasteiger partial charge in [-0.2, -0.15) is 0 Å². The van der Waals surface area contributed by atoms with Crippen molar-refractivity contribution >= 4 is 13.7 Å². The van der Waals surface area contributed by atoms with Gasteiger partial charge >= 0.3 is 7.82 Å². The Labute approximate surface area is 472 Å². The standard InChI is InChI=1S/C67H127N2O6P/c1-6-8-10-12-14-16-18-20-22-24-26-28-29-30-31-32-33-34-35-36-37-38-39-41-43-45-47-49-51-53-55-57-59-61-67(71)68-65(64-75-76(72,73)74-63-62-69(3,4)5)66(70)60-58-56-54-52-50-48-46-44-42-40-27-25-23-21-19-17-15-13-11-9-7-2/h26,28,30-31,42,44,50,52,58,60,65-66,70H,6-25,27,29,32-41,43,45-49,51,53-57,59,61-64H2,1-5H3,(H-,68,71,72,73)/p+1/b28-26-,31-30-,44-42+,52-50+,60-58+. The van der Waals surface area contributed by atoms with Crippen LogP contribution < -0.4 is 5.32 Å². The summed E-state index contributed by atoms with van der Waals surface area (Å²) in [5, 5.41) is 13.9. The molecule has 0 aliphatic rings. The van der Waals surface area contributed by atoms with Crippen LogP contribution in [0.5, 0.6) is 0 Å². The smallest absolute Gasteiger partial charge is 0.387 e. The minimum Gasteiger partial charge on any atom is -0.387 e. The zero-order chi connectivity index (χ0) is 55.6. The van der Waals surface area contributed by atoms with E-state index < -0.39 is 20.0 Å². The molecular formula is C67H128N2O6P+. The Bertz CT molecular complexity index is 1420. The van der Waals surface area contributed by atoms with Crippen molar-refractivity contribution in [3.63, 3.8) is 0 Å². The Kier molecular flexibility index (Phi) is 56.5. The predicted molar refractivity (Wildman–Crippen MR) is 332 cm³/mol. The molecule has 0 spiro atoms. The topological polar surface area (TPSA) is 105 Å². The summed E-state index contributed by atoms with van der Waals surface area (Å²) >= 11 is 0. The van der Waals surface area contributed by atoms with Gasteiger partial charge in [-0.1, -0.05) is 286 Å². The van der Waals surface area contributed by atoms with E-state index in [2.05, 4.69) is 67.8 Å². The SMILES string of the molecule is CCCCCCCCCCC/C=C\C/C=C\CCCCCCCCCCCCCCCCCCCC(=O)NC(COP(=O)(O)OCC[N+](C)(C)C)C(O)/C=C/CC/C=C/CC/C=C/CCCCCCCCCCCCC. The monoisotopic (exact) mass is 1090 g/mol. The number of hydrogen-bond acceptors (Lipinski definition) is 5. The Balaban J connectivity index is 4.11. The van der Waals surface area contributed by atoms with Gasteiger partial charge in [0.15, 0.2) is 0 Å². The first kappa shape index (κ1) is 74.2. The highest BCUT2D eigenvalue weighted by Crippen LogP contribution is 2.43. The molecule has 9 heteroatoms. The number of carbonyl (C=O) groups excluding carboxylic acids is 1. The third-order valence-corrected chi connectivity index (χ3v) is 15.7. The lowest BCUT2D eigenvalue weighted by Gasteiger charge is -2.25. The van der Waals surface area contributed by atoms with Crippen LogP contribution >= 0.6 is 7.82 Å². The molecule has 0 heterocycles. The summed E-state index contributed by atoms with van der Waals surface area (Å²) in [5.74, 6) is -0.188. The molecule has 0 bridgehead atoms. The third-order valence-electron chi connectivity index (χ3n) is 14.7. The molecule has 0 saturated heterocycles. The normalized spacial score (nSPS) is 14.1. The maximum Gasteiger partial charge on any atom is 0.472 e. The summed E-state index contributed by atoms with van der Waals surface area (Å²) in [6, 6.07) is -0.872. The molecule has 3 unspecified atom stereocenters. The molecule has 0 aromatic rings. The average molecular weight is 1090 g/mol. The van der Waals surface area contributed by atoms with E-state index in [0.717, 1.165) is 51.4 Å². The minimum absolute atomic E-state index is 0.0530. The van der Waals surface area contributed by atoms with Crippen LogP contribution in [0.25, 0.3) is 0 Å². The molecule has 0 aromatic carbocycles. The lowest BCUT2D eigenvalue weighted by atomic mass is 10.0. The summed E-state index contributed by atoms with van der Waals surface area (Å²) in [7, 11) is 1.55. The van der Waals surface area contributed by atoms with Crippen molar-refractivity contribution in [3.8, 4) is 0 Å². The van der Waals surface area contributed by atoms with Gasteiger partial charge < -0.3 is 19.8 Å². The van der Waals surface area contributed by atoms with E-state index in [1.165, 1.54) is 238 Å². The highest BCUT2D eigenvalue weighted by atomic mass is 31.2. The average Bonchev–Trinajstić information content (AvgIpc) is 3.38. The molecule has 0 rings (SSSR count). The molecule has 0 aliphatic carbocycles. The molecule has 76 heavy (non-hydrogen) atoms. The highest BCUT2D eigenvalue weighted by molar-refractivity contribution is 7.47. The van der Waals surface area contributed by atoms with Crippen LogP contribution in [0.3, 0.4) is 0 Å². The van der Waals surface area contributed by atoms with Gasteiger partial charge in [0.25, 0.3) is 0 Å². The van der Waals surface area contributed by atoms with Gasteiger partial charge in [0.1, 0.15) is 13.2 Å². The van der Waals surface area contributed by atoms with E-state index in [1.54, 1.807) is 6.08 Å². The van der Waals surface area contributed by atoms with Gasteiger partial charge in [-0.15, -0.1) is 0 Å². The fourth-order valence-electron chi connectivity index (χ4n) is 9.58. The van der Waals surface area contributed by atoms with E-state index in [0.29, 0.717) is 17.4 Å². The number of allylic oxidation sites excluding steroid dienone is 9. The van der Waals surface area contributed by atoms with Crippen molar-refractivity contribution in [3.05, 3.63) is 60.8 Å². The lowest BCUT2D eigenvalue weighted by molar-refractivity contribution is -0.870. The second kappa shape index (κ2) is 57.9. The molecule has 3 atom stereocenters. The second-order valence-electron chi connectivity index (χ2n) is 23.5. The summed E-state index contributed by atoms with van der Waals surface area (Å²) in [6.07, 6.45) is 79.3. The number of amides is 1. The van der Waals surface area contributed by atoms with Crippen molar-refractivity contribution in [2.24, 2.45) is 0 Å². The van der Waals surface area contributed by atoms with E-state index in [1.807, 2.05) is 27.2 Å². The number of nitrogens with zero attached hydrogens (tertiary/aromatic N) is 1. The Morgan fingerprint density at radius 1 is 0.447 bits per heavy atom. The molecule has 0 aromatic heterocycles. The van der Waals surface area contributed by atoms with Gasteiger partial charge in [0.2, 0.25) is 5.91 Å². The minimum atomic E-state index is -4.36. The summed E-state index contributed by atoms with van der Waals surface area (Å²) in [5.41, 5.74) is 0. The van der Waals surface area contributed by atoms with Gasteiger partial charge in [-0.3, -0.25) is 13.8 Å². The van der Waals surface area contributed by atoms with Gasteiger partial charge in [-0.25, -0.2) is 4.57 Å². The Hall–Kier alpha value is -1.80. The lowest BCUT2D eigenvalue weighted by Crippen LogP contribution is -2.45. The van der Waals surface area contributed by atoms with Gasteiger partial charge in [0.05, 0.1) is 39.9 Å². The van der Waals surface area contributed by atoms with Crippen LogP contribution in [0.1, 0.15) is 309 Å². The molecule has 0 radical (unpaired) electrons. The van der Waals surface area contributed by atoms with Gasteiger partial charge in [0, 0.05) is 6.42 Å². The number of aliphatic hydroxyl groups excluding tert-OH is 1. The van der Waals surface area contributed by atoms with Crippen LogP contribution in [0.15, 0.2) is 60.8 Å². The van der Waals surface area contributed by atoms with E-state index in [9.17, 15) is 19.4 Å². The molecular weight excluding hydrogens is 960 g/mol. The van der Waals surface area contributed by atoms with Crippen molar-refractivity contribution in [2.45, 2.75) is 321 Å². The second-order valence-corrected chi connectivity index (χ2v) is 24.9. The summed E-state index contributed by atoms with van der Waals surface area (Å²) in [6.45, 7) is 4.82. The number of aliphatic hydroxyl groups is 1.